The van der Waals surface area contributed by atoms with Gasteiger partial charge in [-0.15, -0.1) is 0 Å². The first kappa shape index (κ1) is 23.9. The molecule has 0 heterocycles. The Morgan fingerprint density at radius 1 is 0.680 bits per heavy atom. The molecule has 0 unspecified atom stereocenters. The molecule has 144 valence electrons. The molecule has 25 heavy (non-hydrogen) atoms. The molecule has 0 aromatic carbocycles. The van der Waals surface area contributed by atoms with Gasteiger partial charge >= 0.3 is 0 Å². The van der Waals surface area contributed by atoms with Crippen molar-refractivity contribution >= 4 is 0 Å². The van der Waals surface area contributed by atoms with Crippen LogP contribution in [0.15, 0.2) is 46.6 Å². The van der Waals surface area contributed by atoms with Gasteiger partial charge in [-0.25, -0.2) is 0 Å². The molecular weight excluding hydrogens is 304 g/mol. The van der Waals surface area contributed by atoms with E-state index < -0.39 is 0 Å². The summed E-state index contributed by atoms with van der Waals surface area (Å²) < 4.78 is 0. The lowest BCUT2D eigenvalue weighted by Crippen LogP contribution is -1.99. The van der Waals surface area contributed by atoms with E-state index in [-0.39, 0.29) is 0 Å². The number of allylic oxidation sites excluding steroid dienone is 8. The lowest BCUT2D eigenvalue weighted by Gasteiger charge is -2.05. The number of rotatable bonds is 13. The van der Waals surface area contributed by atoms with Gasteiger partial charge in [-0.1, -0.05) is 53.5 Å². The molecule has 0 aliphatic carbocycles. The van der Waals surface area contributed by atoms with Crippen LogP contribution in [0.4, 0.5) is 0 Å². The van der Waals surface area contributed by atoms with E-state index in [2.05, 4.69) is 65.8 Å². The minimum Gasteiger partial charge on any atom is -0.396 e. The van der Waals surface area contributed by atoms with Gasteiger partial charge in [0.25, 0.3) is 0 Å². The third-order valence-electron chi connectivity index (χ3n) is 4.62. The predicted molar refractivity (Wildman–Crippen MR) is 114 cm³/mol. The van der Waals surface area contributed by atoms with Gasteiger partial charge < -0.3 is 5.11 Å². The zero-order valence-corrected chi connectivity index (χ0v) is 17.7. The van der Waals surface area contributed by atoms with Crippen molar-refractivity contribution in [3.63, 3.8) is 0 Å². The van der Waals surface area contributed by atoms with Crippen molar-refractivity contribution in [1.82, 2.24) is 0 Å². The Morgan fingerprint density at radius 3 is 1.48 bits per heavy atom. The lowest BCUT2D eigenvalue weighted by atomic mass is 10.0. The van der Waals surface area contributed by atoms with Crippen LogP contribution in [0, 0.1) is 5.92 Å². The van der Waals surface area contributed by atoms with Crippen LogP contribution in [0.2, 0.25) is 0 Å². The second kappa shape index (κ2) is 15.2. The first-order valence-electron chi connectivity index (χ1n) is 10.1. The molecule has 1 nitrogen and oxygen atoms in total. The molecular formula is C24H42O. The van der Waals surface area contributed by atoms with E-state index in [4.69, 9.17) is 5.11 Å². The summed E-state index contributed by atoms with van der Waals surface area (Å²) in [6.45, 7) is 13.5. The lowest BCUT2D eigenvalue weighted by molar-refractivity contribution is 0.231. The largest absolute Gasteiger partial charge is 0.396 e. The number of hydrogen-bond acceptors (Lipinski definition) is 1. The molecule has 0 fully saturated rings. The molecule has 0 saturated carbocycles. The zero-order valence-electron chi connectivity index (χ0n) is 17.7. The topological polar surface area (TPSA) is 20.2 Å². The molecule has 0 aliphatic rings. The molecule has 0 bridgehead atoms. The number of aliphatic hydroxyl groups is 1. The highest BCUT2D eigenvalue weighted by atomic mass is 16.3. The maximum Gasteiger partial charge on any atom is 0.0456 e. The highest BCUT2D eigenvalue weighted by Crippen LogP contribution is 2.14. The van der Waals surface area contributed by atoms with E-state index in [1.165, 1.54) is 41.6 Å². The summed E-state index contributed by atoms with van der Waals surface area (Å²) in [5.41, 5.74) is 5.92. The second-order valence-electron chi connectivity index (χ2n) is 7.91. The normalized spacial score (nSPS) is 14.6. The minimum atomic E-state index is 0.303. The van der Waals surface area contributed by atoms with Gasteiger partial charge in [-0.05, 0) is 91.9 Å². The molecule has 1 atom stereocenters. The third kappa shape index (κ3) is 16.2. The van der Waals surface area contributed by atoms with E-state index in [9.17, 15) is 0 Å². The van der Waals surface area contributed by atoms with Crippen LogP contribution in [0.25, 0.3) is 0 Å². The van der Waals surface area contributed by atoms with Crippen molar-refractivity contribution in [3.8, 4) is 0 Å². The summed E-state index contributed by atoms with van der Waals surface area (Å²) in [6, 6.07) is 0. The van der Waals surface area contributed by atoms with E-state index >= 15 is 0 Å². The summed E-state index contributed by atoms with van der Waals surface area (Å²) in [6.07, 6.45) is 18.6. The fourth-order valence-electron chi connectivity index (χ4n) is 2.69. The quantitative estimate of drug-likeness (QED) is 0.341. The molecule has 1 heteroatoms. The van der Waals surface area contributed by atoms with Crippen molar-refractivity contribution in [2.24, 2.45) is 5.92 Å². The summed E-state index contributed by atoms with van der Waals surface area (Å²) in [4.78, 5) is 0. The van der Waals surface area contributed by atoms with E-state index in [0.717, 1.165) is 32.1 Å². The Morgan fingerprint density at radius 2 is 1.08 bits per heavy atom. The van der Waals surface area contributed by atoms with Crippen molar-refractivity contribution in [2.45, 2.75) is 92.9 Å². The molecule has 0 spiro atoms. The highest BCUT2D eigenvalue weighted by molar-refractivity contribution is 5.07. The fraction of sp³-hybridized carbons (Fsp3) is 0.667. The Balaban J connectivity index is 3.97. The molecule has 0 saturated heterocycles. The molecule has 1 N–H and O–H groups in total. The van der Waals surface area contributed by atoms with E-state index in [1.54, 1.807) is 0 Å². The molecule has 0 aliphatic heterocycles. The van der Waals surface area contributed by atoms with Gasteiger partial charge in [0.2, 0.25) is 0 Å². The molecule has 0 aromatic heterocycles. The average molecular weight is 347 g/mol. The smallest absolute Gasteiger partial charge is 0.0456 e. The van der Waals surface area contributed by atoms with Crippen molar-refractivity contribution in [3.05, 3.63) is 46.6 Å². The Hall–Kier alpha value is -1.08. The maximum absolute atomic E-state index is 9.04. The van der Waals surface area contributed by atoms with Crippen LogP contribution in [-0.4, -0.2) is 11.7 Å². The standard InChI is InChI=1S/C24H42O/c1-20(2)11-7-12-21(3)13-8-14-22(4)15-9-16-23(5)17-10-18-24(6)19-25/h11,13,15,17,24-25H,7-10,12,14,16,18-19H2,1-6H3/b21-13+,22-15+,23-17-/t24-/m0/s1. The summed E-state index contributed by atoms with van der Waals surface area (Å²) in [5, 5.41) is 9.04. The minimum absolute atomic E-state index is 0.303. The number of hydrogen-bond donors (Lipinski definition) is 1. The van der Waals surface area contributed by atoms with Crippen LogP contribution in [-0.2, 0) is 0 Å². The molecule has 0 amide bonds. The molecule has 0 radical (unpaired) electrons. The Bertz CT molecular complexity index is 458. The van der Waals surface area contributed by atoms with Gasteiger partial charge in [0.15, 0.2) is 0 Å². The third-order valence-corrected chi connectivity index (χ3v) is 4.62. The van der Waals surface area contributed by atoms with Crippen LogP contribution >= 0.6 is 0 Å². The van der Waals surface area contributed by atoms with Crippen molar-refractivity contribution < 1.29 is 5.11 Å². The van der Waals surface area contributed by atoms with Gasteiger partial charge in [0.1, 0.15) is 0 Å². The Labute approximate surface area is 157 Å². The summed E-state index contributed by atoms with van der Waals surface area (Å²) >= 11 is 0. The summed E-state index contributed by atoms with van der Waals surface area (Å²) in [7, 11) is 0. The fourth-order valence-corrected chi connectivity index (χ4v) is 2.69. The maximum atomic E-state index is 9.04. The molecule has 0 aromatic rings. The monoisotopic (exact) mass is 346 g/mol. The van der Waals surface area contributed by atoms with E-state index in [1.807, 2.05) is 0 Å². The highest BCUT2D eigenvalue weighted by Gasteiger charge is 1.98. The van der Waals surface area contributed by atoms with Crippen LogP contribution in [0.1, 0.15) is 92.9 Å². The van der Waals surface area contributed by atoms with Crippen LogP contribution < -0.4 is 0 Å². The van der Waals surface area contributed by atoms with E-state index in [0.29, 0.717) is 12.5 Å². The predicted octanol–water partition coefficient (Wildman–Crippen LogP) is 7.54. The molecule has 0 rings (SSSR count). The van der Waals surface area contributed by atoms with Gasteiger partial charge in [-0.3, -0.25) is 0 Å². The zero-order chi connectivity index (χ0) is 19.1. The SMILES string of the molecule is CC(C)=CCC/C(C)=C/CC/C(C)=C/CC/C(C)=C\CC[C@H](C)CO. The van der Waals surface area contributed by atoms with Gasteiger partial charge in [0.05, 0.1) is 0 Å². The average Bonchev–Trinajstić information content (AvgIpc) is 2.54. The van der Waals surface area contributed by atoms with Gasteiger partial charge in [-0.2, -0.15) is 0 Å². The second-order valence-corrected chi connectivity index (χ2v) is 7.91. The first-order chi connectivity index (χ1) is 11.8. The van der Waals surface area contributed by atoms with Crippen molar-refractivity contribution in [1.29, 1.82) is 0 Å². The Kier molecular flexibility index (Phi) is 14.5. The summed E-state index contributed by atoms with van der Waals surface area (Å²) in [5.74, 6) is 0.421. The van der Waals surface area contributed by atoms with Gasteiger partial charge in [0, 0.05) is 6.61 Å². The van der Waals surface area contributed by atoms with Crippen LogP contribution in [0.3, 0.4) is 0 Å². The van der Waals surface area contributed by atoms with Crippen molar-refractivity contribution in [2.75, 3.05) is 6.61 Å². The first-order valence-corrected chi connectivity index (χ1v) is 10.1. The number of aliphatic hydroxyl groups excluding tert-OH is 1. The van der Waals surface area contributed by atoms with Crippen LogP contribution in [0.5, 0.6) is 0 Å².